The Morgan fingerprint density at radius 1 is 1.28 bits per heavy atom. The van der Waals surface area contributed by atoms with Crippen molar-refractivity contribution in [3.63, 3.8) is 0 Å². The average molecular weight is 257 g/mol. The van der Waals surface area contributed by atoms with E-state index in [1.54, 1.807) is 6.92 Å². The Morgan fingerprint density at radius 3 is 2.50 bits per heavy atom. The molecule has 1 fully saturated rings. The van der Waals surface area contributed by atoms with E-state index >= 15 is 0 Å². The molecule has 0 aromatic rings. The van der Waals surface area contributed by atoms with Crippen LogP contribution in [0.1, 0.15) is 26.2 Å². The molecule has 18 heavy (non-hydrogen) atoms. The molecule has 1 aliphatic rings. The lowest BCUT2D eigenvalue weighted by Crippen LogP contribution is -2.43. The third-order valence-corrected chi connectivity index (χ3v) is 3.13. The Kier molecular flexibility index (Phi) is 5.12. The Morgan fingerprint density at radius 2 is 1.94 bits per heavy atom. The van der Waals surface area contributed by atoms with Gasteiger partial charge < -0.3 is 14.4 Å². The summed E-state index contributed by atoms with van der Waals surface area (Å²) in [5.41, 5.74) is 0. The molecule has 0 aromatic heterocycles. The fourth-order valence-electron chi connectivity index (χ4n) is 2.12. The van der Waals surface area contributed by atoms with Gasteiger partial charge in [-0.2, -0.15) is 0 Å². The largest absolute Gasteiger partial charge is 0.469 e. The number of ether oxygens (including phenoxy) is 2. The Balaban J connectivity index is 2.65. The predicted octanol–water partition coefficient (Wildman–Crippen LogP) is 0.350. The maximum atomic E-state index is 12.1. The predicted molar refractivity (Wildman–Crippen MR) is 62.5 cm³/mol. The van der Waals surface area contributed by atoms with Crippen LogP contribution in [0.25, 0.3) is 0 Å². The molecule has 1 saturated heterocycles. The van der Waals surface area contributed by atoms with Gasteiger partial charge in [-0.15, -0.1) is 0 Å². The van der Waals surface area contributed by atoms with Gasteiger partial charge in [-0.1, -0.05) is 6.92 Å². The first-order chi connectivity index (χ1) is 8.51. The second-order valence-electron chi connectivity index (χ2n) is 4.39. The Labute approximate surface area is 106 Å². The zero-order valence-electron chi connectivity index (χ0n) is 11.0. The van der Waals surface area contributed by atoms with Crippen molar-refractivity contribution in [1.82, 2.24) is 4.90 Å². The molecule has 6 heteroatoms. The van der Waals surface area contributed by atoms with Crippen molar-refractivity contribution >= 4 is 17.8 Å². The number of nitrogens with zero attached hydrogens (tertiary/aromatic N) is 1. The first kappa shape index (κ1) is 14.5. The fourth-order valence-corrected chi connectivity index (χ4v) is 2.12. The van der Waals surface area contributed by atoms with Gasteiger partial charge in [0.05, 0.1) is 20.6 Å². The van der Waals surface area contributed by atoms with Crippen LogP contribution < -0.4 is 0 Å². The van der Waals surface area contributed by atoms with E-state index in [0.717, 1.165) is 6.42 Å². The van der Waals surface area contributed by atoms with E-state index in [1.165, 1.54) is 19.1 Å². The van der Waals surface area contributed by atoms with E-state index in [2.05, 4.69) is 9.47 Å². The van der Waals surface area contributed by atoms with Crippen molar-refractivity contribution in [2.45, 2.75) is 32.2 Å². The van der Waals surface area contributed by atoms with Gasteiger partial charge in [0.2, 0.25) is 5.91 Å². The summed E-state index contributed by atoms with van der Waals surface area (Å²) in [5.74, 6) is -1.51. The lowest BCUT2D eigenvalue weighted by molar-refractivity contribution is -0.153. The van der Waals surface area contributed by atoms with Crippen LogP contribution in [0.3, 0.4) is 0 Å². The minimum Gasteiger partial charge on any atom is -0.469 e. The normalized spacial score (nSPS) is 20.4. The molecule has 2 atom stereocenters. The van der Waals surface area contributed by atoms with Crippen molar-refractivity contribution in [1.29, 1.82) is 0 Å². The molecule has 0 bridgehead atoms. The van der Waals surface area contributed by atoms with Gasteiger partial charge in [-0.25, -0.2) is 4.79 Å². The summed E-state index contributed by atoms with van der Waals surface area (Å²) in [4.78, 5) is 36.3. The van der Waals surface area contributed by atoms with E-state index in [4.69, 9.17) is 0 Å². The molecule has 1 amide bonds. The molecule has 0 spiro atoms. The topological polar surface area (TPSA) is 72.9 Å². The zero-order valence-corrected chi connectivity index (χ0v) is 11.0. The summed E-state index contributed by atoms with van der Waals surface area (Å²) in [6.45, 7) is 2.19. The van der Waals surface area contributed by atoms with Crippen LogP contribution in [-0.2, 0) is 23.9 Å². The third kappa shape index (κ3) is 3.21. The standard InChI is InChI=1S/C12H19NO5/c1-8(7-10(14)17-2)11(15)13-6-4-5-9(13)12(16)18-3/h8-9H,4-7H2,1-3H3/t8?,9-/m0/s1. The summed E-state index contributed by atoms with van der Waals surface area (Å²) in [6, 6.07) is -0.511. The summed E-state index contributed by atoms with van der Waals surface area (Å²) in [5, 5.41) is 0. The summed E-state index contributed by atoms with van der Waals surface area (Å²) in [7, 11) is 2.59. The van der Waals surface area contributed by atoms with Gasteiger partial charge >= 0.3 is 11.9 Å². The molecular weight excluding hydrogens is 238 g/mol. The molecule has 1 unspecified atom stereocenters. The van der Waals surface area contributed by atoms with E-state index in [0.29, 0.717) is 13.0 Å². The minimum absolute atomic E-state index is 0.0275. The lowest BCUT2D eigenvalue weighted by atomic mass is 10.1. The van der Waals surface area contributed by atoms with Crippen molar-refractivity contribution in [3.8, 4) is 0 Å². The Bertz CT molecular complexity index is 341. The average Bonchev–Trinajstić information content (AvgIpc) is 2.85. The van der Waals surface area contributed by atoms with Crippen LogP contribution in [0.15, 0.2) is 0 Å². The monoisotopic (exact) mass is 257 g/mol. The quantitative estimate of drug-likeness (QED) is 0.679. The molecule has 1 heterocycles. The second-order valence-corrected chi connectivity index (χ2v) is 4.39. The number of hydrogen-bond donors (Lipinski definition) is 0. The molecular formula is C12H19NO5. The summed E-state index contributed by atoms with van der Waals surface area (Å²) < 4.78 is 9.20. The molecule has 0 saturated carbocycles. The van der Waals surface area contributed by atoms with Gasteiger partial charge in [-0.3, -0.25) is 9.59 Å². The van der Waals surface area contributed by atoms with E-state index in [-0.39, 0.29) is 12.3 Å². The Hall–Kier alpha value is -1.59. The fraction of sp³-hybridized carbons (Fsp3) is 0.750. The van der Waals surface area contributed by atoms with Crippen molar-refractivity contribution in [3.05, 3.63) is 0 Å². The first-order valence-corrected chi connectivity index (χ1v) is 5.96. The van der Waals surface area contributed by atoms with E-state index < -0.39 is 23.9 Å². The highest BCUT2D eigenvalue weighted by atomic mass is 16.5. The van der Waals surface area contributed by atoms with E-state index in [1.807, 2.05) is 0 Å². The number of amides is 1. The van der Waals surface area contributed by atoms with E-state index in [9.17, 15) is 14.4 Å². The molecule has 0 radical (unpaired) electrons. The molecule has 1 aliphatic heterocycles. The maximum Gasteiger partial charge on any atom is 0.328 e. The number of methoxy groups -OCH3 is 2. The molecule has 1 rings (SSSR count). The van der Waals surface area contributed by atoms with Gasteiger partial charge in [0.15, 0.2) is 0 Å². The molecule has 0 N–H and O–H groups in total. The number of carbonyl (C=O) groups is 3. The highest BCUT2D eigenvalue weighted by Crippen LogP contribution is 2.21. The van der Waals surface area contributed by atoms with Crippen molar-refractivity contribution in [2.24, 2.45) is 5.92 Å². The van der Waals surface area contributed by atoms with Crippen LogP contribution in [0.5, 0.6) is 0 Å². The SMILES string of the molecule is COC(=O)CC(C)C(=O)N1CCC[C@H]1C(=O)OC. The number of hydrogen-bond acceptors (Lipinski definition) is 5. The van der Waals surface area contributed by atoms with Gasteiger partial charge in [-0.05, 0) is 12.8 Å². The van der Waals surface area contributed by atoms with Crippen LogP contribution in [0, 0.1) is 5.92 Å². The molecule has 6 nitrogen and oxygen atoms in total. The van der Waals surface area contributed by atoms with Gasteiger partial charge in [0.25, 0.3) is 0 Å². The van der Waals surface area contributed by atoms with Crippen LogP contribution in [-0.4, -0.2) is 49.6 Å². The smallest absolute Gasteiger partial charge is 0.328 e. The van der Waals surface area contributed by atoms with Crippen LogP contribution >= 0.6 is 0 Å². The summed E-state index contributed by atoms with van der Waals surface area (Å²) >= 11 is 0. The van der Waals surface area contributed by atoms with Crippen LogP contribution in [0.4, 0.5) is 0 Å². The summed E-state index contributed by atoms with van der Waals surface area (Å²) in [6.07, 6.45) is 1.42. The first-order valence-electron chi connectivity index (χ1n) is 5.96. The lowest BCUT2D eigenvalue weighted by Gasteiger charge is -2.25. The van der Waals surface area contributed by atoms with Crippen molar-refractivity contribution < 1.29 is 23.9 Å². The second kappa shape index (κ2) is 6.37. The number of rotatable bonds is 4. The molecule has 0 aliphatic carbocycles. The molecule has 0 aromatic carbocycles. The van der Waals surface area contributed by atoms with Crippen LogP contribution in [0.2, 0.25) is 0 Å². The number of carbonyl (C=O) groups excluding carboxylic acids is 3. The highest BCUT2D eigenvalue weighted by Gasteiger charge is 2.36. The van der Waals surface area contributed by atoms with Crippen molar-refractivity contribution in [2.75, 3.05) is 20.8 Å². The van der Waals surface area contributed by atoms with Gasteiger partial charge in [0, 0.05) is 12.5 Å². The van der Waals surface area contributed by atoms with Gasteiger partial charge in [0.1, 0.15) is 6.04 Å². The minimum atomic E-state index is -0.511. The highest BCUT2D eigenvalue weighted by molar-refractivity contribution is 5.88. The maximum absolute atomic E-state index is 12.1. The molecule has 102 valence electrons. The number of esters is 2. The number of likely N-dealkylation sites (tertiary alicyclic amines) is 1. The zero-order chi connectivity index (χ0) is 13.7. The third-order valence-electron chi connectivity index (χ3n) is 3.13.